The molecule has 9 heteroatoms. The second-order valence-corrected chi connectivity index (χ2v) is 22.3. The summed E-state index contributed by atoms with van der Waals surface area (Å²) in [5, 5.41) is 9.72. The minimum Gasteiger partial charge on any atom is -0.477 e. The first-order valence-electron chi connectivity index (χ1n) is 31.5. The van der Waals surface area contributed by atoms with Crippen LogP contribution in [0.3, 0.4) is 0 Å². The van der Waals surface area contributed by atoms with Crippen LogP contribution >= 0.6 is 0 Å². The van der Waals surface area contributed by atoms with Gasteiger partial charge in [0.15, 0.2) is 6.10 Å². The normalized spacial score (nSPS) is 13.1. The number of unbranched alkanes of at least 4 members (excludes halogenated alkanes) is 33. The second kappa shape index (κ2) is 57.2. The number of aliphatic carboxylic acids is 1. The molecule has 0 heterocycles. The molecule has 0 rings (SSSR count). The summed E-state index contributed by atoms with van der Waals surface area (Å²) in [5.74, 6) is -1.99. The van der Waals surface area contributed by atoms with Gasteiger partial charge in [-0.2, -0.15) is 0 Å². The maximum Gasteiger partial charge on any atom is 0.361 e. The van der Waals surface area contributed by atoms with E-state index in [2.05, 4.69) is 74.6 Å². The third kappa shape index (κ3) is 58.5. The molecule has 0 saturated heterocycles. The third-order valence-corrected chi connectivity index (χ3v) is 13.8. The number of carbonyl (C=O) groups excluding carboxylic acids is 2. The van der Waals surface area contributed by atoms with Gasteiger partial charge in [-0.1, -0.05) is 254 Å². The molecule has 0 spiro atoms. The van der Waals surface area contributed by atoms with Gasteiger partial charge >= 0.3 is 17.9 Å². The molecule has 0 fully saturated rings. The monoisotopic (exact) mass is 1050 g/mol. The van der Waals surface area contributed by atoms with Crippen molar-refractivity contribution >= 4 is 17.9 Å². The lowest BCUT2D eigenvalue weighted by atomic mass is 10.0. The molecule has 0 saturated carbocycles. The number of carboxylic acid groups (broad SMARTS) is 1. The van der Waals surface area contributed by atoms with E-state index in [1.165, 1.54) is 193 Å². The maximum absolute atomic E-state index is 12.9. The first kappa shape index (κ1) is 72.0. The summed E-state index contributed by atoms with van der Waals surface area (Å²) in [6.07, 6.45) is 70.2. The van der Waals surface area contributed by atoms with Crippen LogP contribution in [0.5, 0.6) is 0 Å². The Labute approximate surface area is 463 Å². The molecule has 0 aliphatic carbocycles. The molecule has 75 heavy (non-hydrogen) atoms. The lowest BCUT2D eigenvalue weighted by molar-refractivity contribution is -0.870. The highest BCUT2D eigenvalue weighted by Gasteiger charge is 2.25. The van der Waals surface area contributed by atoms with Gasteiger partial charge in [0.2, 0.25) is 0 Å². The van der Waals surface area contributed by atoms with E-state index in [0.29, 0.717) is 17.4 Å². The van der Waals surface area contributed by atoms with Crippen molar-refractivity contribution in [3.63, 3.8) is 0 Å². The molecule has 2 atom stereocenters. The van der Waals surface area contributed by atoms with E-state index in [4.69, 9.17) is 18.9 Å². The zero-order chi connectivity index (χ0) is 54.8. The minimum atomic E-state index is -1.51. The number of nitrogens with zero attached hydrogens (tertiary/aromatic N) is 1. The summed E-state index contributed by atoms with van der Waals surface area (Å²) < 4.78 is 22.9. The number of hydrogen-bond donors (Lipinski definition) is 1. The molecule has 0 radical (unpaired) electrons. The van der Waals surface area contributed by atoms with Gasteiger partial charge < -0.3 is 28.5 Å². The fourth-order valence-corrected chi connectivity index (χ4v) is 8.94. The molecule has 436 valence electrons. The number of likely N-dealkylation sites (N-methyl/N-ethyl adjacent to an activating group) is 1. The number of carbonyl (C=O) groups is 3. The summed E-state index contributed by atoms with van der Waals surface area (Å²) in [6, 6.07) is 0. The van der Waals surface area contributed by atoms with Gasteiger partial charge in [-0.25, -0.2) is 4.79 Å². The van der Waals surface area contributed by atoms with Crippen LogP contribution in [0.15, 0.2) is 60.8 Å². The Morgan fingerprint density at radius 2 is 0.760 bits per heavy atom. The number of quaternary nitrogens is 1. The molecule has 1 N–H and O–H groups in total. The topological polar surface area (TPSA) is 108 Å². The summed E-state index contributed by atoms with van der Waals surface area (Å²) in [5.41, 5.74) is 0. The molecular weight excluding hydrogens is 935 g/mol. The van der Waals surface area contributed by atoms with Crippen LogP contribution in [-0.4, -0.2) is 87.4 Å². The molecule has 0 aromatic heterocycles. The van der Waals surface area contributed by atoms with Crippen LogP contribution in [0.2, 0.25) is 0 Å². The van der Waals surface area contributed by atoms with Gasteiger partial charge in [0, 0.05) is 12.8 Å². The fraction of sp³-hybridized carbons (Fsp3) is 0.803. The third-order valence-electron chi connectivity index (χ3n) is 13.8. The Kier molecular flexibility index (Phi) is 54.9. The maximum atomic E-state index is 12.9. The molecule has 0 aromatic carbocycles. The lowest BCUT2D eigenvalue weighted by Crippen LogP contribution is -2.40. The Balaban J connectivity index is 4.18. The van der Waals surface area contributed by atoms with Crippen molar-refractivity contribution in [2.45, 2.75) is 296 Å². The van der Waals surface area contributed by atoms with Crippen molar-refractivity contribution in [3.05, 3.63) is 60.8 Å². The quantitative estimate of drug-likeness (QED) is 0.0211. The van der Waals surface area contributed by atoms with Crippen molar-refractivity contribution in [3.8, 4) is 0 Å². The number of hydrogen-bond acceptors (Lipinski definition) is 7. The van der Waals surface area contributed by atoms with Gasteiger partial charge in [-0.3, -0.25) is 9.59 Å². The number of allylic oxidation sites excluding steroid dienone is 10. The predicted molar refractivity (Wildman–Crippen MR) is 318 cm³/mol. The van der Waals surface area contributed by atoms with E-state index in [0.717, 1.165) is 64.2 Å². The summed E-state index contributed by atoms with van der Waals surface area (Å²) in [6.45, 7) is 4.80. The van der Waals surface area contributed by atoms with Gasteiger partial charge in [0.25, 0.3) is 6.29 Å². The molecule has 0 amide bonds. The van der Waals surface area contributed by atoms with E-state index >= 15 is 0 Å². The van der Waals surface area contributed by atoms with E-state index < -0.39 is 24.3 Å². The summed E-state index contributed by atoms with van der Waals surface area (Å²) >= 11 is 0. The molecule has 0 aliphatic rings. The number of ether oxygens (including phenoxy) is 4. The molecule has 0 aliphatic heterocycles. The Bertz CT molecular complexity index is 1410. The average molecular weight is 1060 g/mol. The molecule has 0 aromatic rings. The van der Waals surface area contributed by atoms with Crippen molar-refractivity contribution < 1.29 is 42.9 Å². The van der Waals surface area contributed by atoms with Crippen LogP contribution in [-0.2, 0) is 33.3 Å². The van der Waals surface area contributed by atoms with Crippen molar-refractivity contribution in [2.75, 3.05) is 47.5 Å². The van der Waals surface area contributed by atoms with Crippen LogP contribution in [0.1, 0.15) is 284 Å². The first-order chi connectivity index (χ1) is 36.6. The Morgan fingerprint density at radius 3 is 1.15 bits per heavy atom. The molecule has 0 bridgehead atoms. The summed E-state index contributed by atoms with van der Waals surface area (Å²) in [7, 11) is 5.98. The number of esters is 2. The van der Waals surface area contributed by atoms with Crippen molar-refractivity contribution in [1.29, 1.82) is 0 Å². The van der Waals surface area contributed by atoms with E-state index in [9.17, 15) is 19.5 Å². The Hall–Kier alpha value is -3.01. The Morgan fingerprint density at radius 1 is 0.413 bits per heavy atom. The first-order valence-corrected chi connectivity index (χ1v) is 31.5. The second-order valence-electron chi connectivity index (χ2n) is 22.3. The van der Waals surface area contributed by atoms with Crippen LogP contribution in [0, 0.1) is 0 Å². The largest absolute Gasteiger partial charge is 0.477 e. The van der Waals surface area contributed by atoms with Gasteiger partial charge in [-0.05, 0) is 77.0 Å². The van der Waals surface area contributed by atoms with Gasteiger partial charge in [0.05, 0.1) is 34.4 Å². The SMILES string of the molecule is CC/C=C\C/C=C\C/C=C\C/C=C\CCCCCCCCCCCCCCCCC(=O)OC(COC(=O)CCCCCCCCCCCCC/C=C\CCCCCCCCCC)COC(OCC[N+](C)(C)C)C(=O)O. The van der Waals surface area contributed by atoms with E-state index in [1.807, 2.05) is 21.1 Å². The average Bonchev–Trinajstić information content (AvgIpc) is 3.38. The molecular formula is C66H120NO8+. The van der Waals surface area contributed by atoms with Crippen molar-refractivity contribution in [1.82, 2.24) is 0 Å². The molecule has 2 unspecified atom stereocenters. The van der Waals surface area contributed by atoms with E-state index in [1.54, 1.807) is 0 Å². The zero-order valence-corrected chi connectivity index (χ0v) is 49.7. The van der Waals surface area contributed by atoms with Crippen LogP contribution < -0.4 is 0 Å². The highest BCUT2D eigenvalue weighted by atomic mass is 16.7. The molecule has 9 nitrogen and oxygen atoms in total. The van der Waals surface area contributed by atoms with Crippen molar-refractivity contribution in [2.24, 2.45) is 0 Å². The lowest BCUT2D eigenvalue weighted by Gasteiger charge is -2.25. The van der Waals surface area contributed by atoms with Crippen LogP contribution in [0.4, 0.5) is 0 Å². The van der Waals surface area contributed by atoms with Gasteiger partial charge in [-0.15, -0.1) is 0 Å². The summed E-state index contributed by atoms with van der Waals surface area (Å²) in [4.78, 5) is 37.5. The number of rotatable bonds is 58. The number of carboxylic acids is 1. The smallest absolute Gasteiger partial charge is 0.361 e. The predicted octanol–water partition coefficient (Wildman–Crippen LogP) is 18.8. The van der Waals surface area contributed by atoms with Gasteiger partial charge in [0.1, 0.15) is 13.2 Å². The highest BCUT2D eigenvalue weighted by molar-refractivity contribution is 5.71. The zero-order valence-electron chi connectivity index (χ0n) is 49.7. The highest BCUT2D eigenvalue weighted by Crippen LogP contribution is 2.17. The fourth-order valence-electron chi connectivity index (χ4n) is 8.94. The standard InChI is InChI=1S/C66H119NO8/c1-6-8-10-12-14-16-18-20-22-24-26-28-30-31-32-33-35-37-39-41-43-45-47-49-51-53-55-57-64(69)75-62(61-74-66(65(70)71)72-59-58-67(3,4)5)60-73-63(68)56-54-52-50-48-46-44-42-40-38-36-34-29-27-25-23-21-19-17-15-13-11-9-7-2/h8,10,14,16,20,22,25-28,62,66H,6-7,9,11-13,15,17-19,21,23-24,29-61H2,1-5H3/p+1/b10-8-,16-14-,22-20-,27-25-,28-26-. The van der Waals surface area contributed by atoms with Crippen LogP contribution in [0.25, 0.3) is 0 Å². The minimum absolute atomic E-state index is 0.181. The van der Waals surface area contributed by atoms with E-state index in [-0.39, 0.29) is 32.2 Å².